The molecule has 0 aliphatic rings. The van der Waals surface area contributed by atoms with Crippen LogP contribution in [0.3, 0.4) is 0 Å². The zero-order chi connectivity index (χ0) is 13.7. The zero-order valence-corrected chi connectivity index (χ0v) is 12.5. The first-order valence-corrected chi connectivity index (χ1v) is 7.44. The second kappa shape index (κ2) is 7.01. The first-order chi connectivity index (χ1) is 9.26. The maximum atomic E-state index is 5.88. The van der Waals surface area contributed by atoms with E-state index in [1.54, 1.807) is 7.11 Å². The van der Waals surface area contributed by atoms with Crippen molar-refractivity contribution in [1.82, 2.24) is 4.90 Å². The van der Waals surface area contributed by atoms with Crippen LogP contribution in [0.1, 0.15) is 16.9 Å². The molecule has 0 aliphatic carbocycles. The molecule has 3 nitrogen and oxygen atoms in total. The van der Waals surface area contributed by atoms with Gasteiger partial charge in [-0.2, -0.15) is 0 Å². The number of benzene rings is 1. The Bertz CT molecular complexity index is 524. The van der Waals surface area contributed by atoms with Crippen LogP contribution in [-0.4, -0.2) is 32.2 Å². The molecule has 0 atom stereocenters. The van der Waals surface area contributed by atoms with Crippen molar-refractivity contribution in [2.45, 2.75) is 19.5 Å². The lowest BCUT2D eigenvalue weighted by Crippen LogP contribution is -2.20. The van der Waals surface area contributed by atoms with Crippen LogP contribution in [0.25, 0.3) is 10.1 Å². The SMILES string of the molecule is COCCCN(C)Cc1c(CN)sc2ccccc12. The second-order valence-corrected chi connectivity index (χ2v) is 5.92. The number of nitrogens with zero attached hydrogens (tertiary/aromatic N) is 1. The van der Waals surface area contributed by atoms with Crippen LogP contribution in [0, 0.1) is 0 Å². The smallest absolute Gasteiger partial charge is 0.0474 e. The third kappa shape index (κ3) is 3.54. The molecule has 2 N–H and O–H groups in total. The van der Waals surface area contributed by atoms with E-state index in [-0.39, 0.29) is 0 Å². The summed E-state index contributed by atoms with van der Waals surface area (Å²) in [6.45, 7) is 3.45. The van der Waals surface area contributed by atoms with Gasteiger partial charge in [0.15, 0.2) is 0 Å². The maximum Gasteiger partial charge on any atom is 0.0474 e. The Kier molecular flexibility index (Phi) is 5.34. The molecule has 0 saturated carbocycles. The van der Waals surface area contributed by atoms with E-state index in [4.69, 9.17) is 10.5 Å². The number of ether oxygens (including phenoxy) is 1. The monoisotopic (exact) mass is 278 g/mol. The molecule has 0 radical (unpaired) electrons. The summed E-state index contributed by atoms with van der Waals surface area (Å²) in [5, 5.41) is 1.35. The van der Waals surface area contributed by atoms with Gasteiger partial charge in [0, 0.05) is 42.9 Å². The summed E-state index contributed by atoms with van der Waals surface area (Å²) in [6.07, 6.45) is 1.06. The highest BCUT2D eigenvalue weighted by Gasteiger charge is 2.12. The molecule has 1 aromatic carbocycles. The van der Waals surface area contributed by atoms with Gasteiger partial charge in [-0.05, 0) is 30.5 Å². The molecule has 0 aliphatic heterocycles. The molecule has 0 bridgehead atoms. The molecule has 19 heavy (non-hydrogen) atoms. The van der Waals surface area contributed by atoms with Crippen LogP contribution >= 0.6 is 11.3 Å². The van der Waals surface area contributed by atoms with Gasteiger partial charge >= 0.3 is 0 Å². The Balaban J connectivity index is 2.14. The predicted octanol–water partition coefficient (Wildman–Crippen LogP) is 2.83. The third-order valence-electron chi connectivity index (χ3n) is 3.28. The van der Waals surface area contributed by atoms with Gasteiger partial charge in [-0.15, -0.1) is 11.3 Å². The summed E-state index contributed by atoms with van der Waals surface area (Å²) in [7, 11) is 3.90. The first kappa shape index (κ1) is 14.5. The summed E-state index contributed by atoms with van der Waals surface area (Å²) in [5.74, 6) is 0. The van der Waals surface area contributed by atoms with E-state index < -0.39 is 0 Å². The van der Waals surface area contributed by atoms with E-state index in [0.717, 1.165) is 26.1 Å². The summed E-state index contributed by atoms with van der Waals surface area (Å²) < 4.78 is 6.43. The fourth-order valence-corrected chi connectivity index (χ4v) is 3.41. The van der Waals surface area contributed by atoms with Crippen LogP contribution in [0.5, 0.6) is 0 Å². The van der Waals surface area contributed by atoms with Gasteiger partial charge in [-0.1, -0.05) is 18.2 Å². The average Bonchev–Trinajstić information content (AvgIpc) is 2.77. The van der Waals surface area contributed by atoms with E-state index in [1.165, 1.54) is 20.5 Å². The number of nitrogens with two attached hydrogens (primary N) is 1. The van der Waals surface area contributed by atoms with E-state index >= 15 is 0 Å². The van der Waals surface area contributed by atoms with Crippen LogP contribution in [-0.2, 0) is 17.8 Å². The van der Waals surface area contributed by atoms with Crippen LogP contribution < -0.4 is 5.73 Å². The number of fused-ring (bicyclic) bond motifs is 1. The number of hydrogen-bond donors (Lipinski definition) is 1. The van der Waals surface area contributed by atoms with E-state index in [1.807, 2.05) is 11.3 Å². The fraction of sp³-hybridized carbons (Fsp3) is 0.467. The van der Waals surface area contributed by atoms with Crippen molar-refractivity contribution in [3.63, 3.8) is 0 Å². The Morgan fingerprint density at radius 3 is 2.84 bits per heavy atom. The van der Waals surface area contributed by atoms with Crippen molar-refractivity contribution in [3.05, 3.63) is 34.7 Å². The van der Waals surface area contributed by atoms with Crippen molar-refractivity contribution in [3.8, 4) is 0 Å². The van der Waals surface area contributed by atoms with Gasteiger partial charge in [0.25, 0.3) is 0 Å². The molecule has 4 heteroatoms. The number of rotatable bonds is 7. The van der Waals surface area contributed by atoms with Crippen molar-refractivity contribution < 1.29 is 4.74 Å². The van der Waals surface area contributed by atoms with E-state index in [2.05, 4.69) is 36.2 Å². The quantitative estimate of drug-likeness (QED) is 0.792. The molecule has 0 fully saturated rings. The van der Waals surface area contributed by atoms with Gasteiger partial charge in [0.2, 0.25) is 0 Å². The molecular weight excluding hydrogens is 256 g/mol. The topological polar surface area (TPSA) is 38.5 Å². The van der Waals surface area contributed by atoms with Crippen LogP contribution in [0.4, 0.5) is 0 Å². The Hall–Kier alpha value is -0.940. The summed E-state index contributed by atoms with van der Waals surface area (Å²) >= 11 is 1.82. The summed E-state index contributed by atoms with van der Waals surface area (Å²) in [4.78, 5) is 3.65. The molecule has 1 aromatic heterocycles. The highest BCUT2D eigenvalue weighted by atomic mass is 32.1. The van der Waals surface area contributed by atoms with Gasteiger partial charge in [-0.25, -0.2) is 0 Å². The molecule has 0 unspecified atom stereocenters. The van der Waals surface area contributed by atoms with Gasteiger partial charge in [-0.3, -0.25) is 0 Å². The largest absolute Gasteiger partial charge is 0.385 e. The Morgan fingerprint density at radius 1 is 1.32 bits per heavy atom. The van der Waals surface area contributed by atoms with E-state index in [9.17, 15) is 0 Å². The maximum absolute atomic E-state index is 5.88. The van der Waals surface area contributed by atoms with Gasteiger partial charge in [0.05, 0.1) is 0 Å². The standard InChI is InChI=1S/C15H22N2OS/c1-17(8-5-9-18-2)11-13-12-6-3-4-7-14(12)19-15(13)10-16/h3-4,6-7H,5,8-11,16H2,1-2H3. The zero-order valence-electron chi connectivity index (χ0n) is 11.7. The lowest BCUT2D eigenvalue weighted by Gasteiger charge is -2.17. The molecule has 0 amide bonds. The second-order valence-electron chi connectivity index (χ2n) is 4.79. The minimum atomic E-state index is 0.626. The van der Waals surface area contributed by atoms with Crippen LogP contribution in [0.15, 0.2) is 24.3 Å². The van der Waals surface area contributed by atoms with Crippen molar-refractivity contribution in [2.24, 2.45) is 5.73 Å². The average molecular weight is 278 g/mol. The predicted molar refractivity (Wildman–Crippen MR) is 82.5 cm³/mol. The molecule has 2 rings (SSSR count). The Labute approximate surface area is 119 Å². The lowest BCUT2D eigenvalue weighted by molar-refractivity contribution is 0.178. The summed E-state index contributed by atoms with van der Waals surface area (Å²) in [5.41, 5.74) is 7.28. The number of hydrogen-bond acceptors (Lipinski definition) is 4. The first-order valence-electron chi connectivity index (χ1n) is 6.63. The minimum Gasteiger partial charge on any atom is -0.385 e. The van der Waals surface area contributed by atoms with Gasteiger partial charge in [0.1, 0.15) is 0 Å². The normalized spacial score (nSPS) is 11.6. The molecule has 0 spiro atoms. The molecular formula is C15H22N2OS. The van der Waals surface area contributed by atoms with Crippen molar-refractivity contribution in [2.75, 3.05) is 27.3 Å². The van der Waals surface area contributed by atoms with Gasteiger partial charge < -0.3 is 15.4 Å². The third-order valence-corrected chi connectivity index (χ3v) is 4.52. The molecule has 104 valence electrons. The number of thiophene rings is 1. The van der Waals surface area contributed by atoms with Crippen molar-refractivity contribution in [1.29, 1.82) is 0 Å². The molecule has 0 saturated heterocycles. The summed E-state index contributed by atoms with van der Waals surface area (Å²) in [6, 6.07) is 8.56. The number of methoxy groups -OCH3 is 1. The highest BCUT2D eigenvalue weighted by molar-refractivity contribution is 7.19. The highest BCUT2D eigenvalue weighted by Crippen LogP contribution is 2.31. The lowest BCUT2D eigenvalue weighted by atomic mass is 10.1. The molecule has 2 aromatic rings. The minimum absolute atomic E-state index is 0.626. The fourth-order valence-electron chi connectivity index (χ4n) is 2.32. The Morgan fingerprint density at radius 2 is 2.11 bits per heavy atom. The van der Waals surface area contributed by atoms with E-state index in [0.29, 0.717) is 6.54 Å². The van der Waals surface area contributed by atoms with Crippen LogP contribution in [0.2, 0.25) is 0 Å². The van der Waals surface area contributed by atoms with Crippen molar-refractivity contribution >= 4 is 21.4 Å². The molecule has 1 heterocycles.